The van der Waals surface area contributed by atoms with Crippen LogP contribution in [0.3, 0.4) is 0 Å². The van der Waals surface area contributed by atoms with Gasteiger partial charge in [-0.1, -0.05) is 25.0 Å². The second kappa shape index (κ2) is 5.77. The van der Waals surface area contributed by atoms with Gasteiger partial charge in [0.1, 0.15) is 0 Å². The number of nitro groups is 1. The van der Waals surface area contributed by atoms with Crippen LogP contribution in [0.5, 0.6) is 0 Å². The van der Waals surface area contributed by atoms with E-state index in [0.29, 0.717) is 6.54 Å². The third-order valence-corrected chi connectivity index (χ3v) is 3.11. The summed E-state index contributed by atoms with van der Waals surface area (Å²) in [6.45, 7) is 1.71. The lowest BCUT2D eigenvalue weighted by atomic mass is 10.2. The summed E-state index contributed by atoms with van der Waals surface area (Å²) in [6.07, 6.45) is 5.34. The topological polar surface area (TPSA) is 55.2 Å². The average Bonchev–Trinajstić information content (AvgIpc) is 3.13. The van der Waals surface area contributed by atoms with Gasteiger partial charge in [-0.2, -0.15) is 0 Å². The molecule has 0 spiro atoms. The Morgan fingerprint density at radius 2 is 2.24 bits per heavy atom. The maximum Gasteiger partial charge on any atom is 0.269 e. The van der Waals surface area contributed by atoms with E-state index in [4.69, 9.17) is 0 Å². The first-order chi connectivity index (χ1) is 8.25. The SMILES string of the molecule is O=[N+]([O-])c1cccc(CNCCCC2CC2)c1. The number of hydrogen-bond donors (Lipinski definition) is 1. The van der Waals surface area contributed by atoms with Crippen LogP contribution in [0.25, 0.3) is 0 Å². The van der Waals surface area contributed by atoms with Crippen molar-refractivity contribution in [2.45, 2.75) is 32.2 Å². The zero-order valence-electron chi connectivity index (χ0n) is 9.89. The maximum atomic E-state index is 10.6. The predicted octanol–water partition coefficient (Wildman–Crippen LogP) is 2.87. The van der Waals surface area contributed by atoms with E-state index in [-0.39, 0.29) is 10.6 Å². The fourth-order valence-electron chi connectivity index (χ4n) is 1.93. The molecule has 1 aliphatic carbocycles. The predicted molar refractivity (Wildman–Crippen MR) is 66.8 cm³/mol. The monoisotopic (exact) mass is 234 g/mol. The van der Waals surface area contributed by atoms with E-state index in [1.54, 1.807) is 12.1 Å². The minimum Gasteiger partial charge on any atom is -0.313 e. The molecule has 0 unspecified atom stereocenters. The minimum absolute atomic E-state index is 0.169. The molecule has 0 atom stereocenters. The number of nitrogens with one attached hydrogen (secondary N) is 1. The number of rotatable bonds is 7. The molecule has 0 bridgehead atoms. The van der Waals surface area contributed by atoms with E-state index in [0.717, 1.165) is 18.0 Å². The normalized spacial score (nSPS) is 14.8. The summed E-state index contributed by atoms with van der Waals surface area (Å²) < 4.78 is 0. The largest absolute Gasteiger partial charge is 0.313 e. The molecule has 1 N–H and O–H groups in total. The lowest BCUT2D eigenvalue weighted by Crippen LogP contribution is -2.14. The summed E-state index contributed by atoms with van der Waals surface area (Å²) in [7, 11) is 0. The third-order valence-electron chi connectivity index (χ3n) is 3.11. The smallest absolute Gasteiger partial charge is 0.269 e. The first-order valence-electron chi connectivity index (χ1n) is 6.20. The summed E-state index contributed by atoms with van der Waals surface area (Å²) in [5.41, 5.74) is 1.15. The highest BCUT2D eigenvalue weighted by Gasteiger charge is 2.19. The van der Waals surface area contributed by atoms with E-state index < -0.39 is 0 Å². The number of nitro benzene ring substituents is 1. The molecule has 1 fully saturated rings. The van der Waals surface area contributed by atoms with Crippen LogP contribution < -0.4 is 5.32 Å². The quantitative estimate of drug-likeness (QED) is 0.448. The van der Waals surface area contributed by atoms with Crippen LogP contribution in [-0.4, -0.2) is 11.5 Å². The number of benzene rings is 1. The molecule has 1 aromatic rings. The summed E-state index contributed by atoms with van der Waals surface area (Å²) in [5, 5.41) is 13.9. The van der Waals surface area contributed by atoms with Crippen LogP contribution in [0, 0.1) is 16.0 Å². The van der Waals surface area contributed by atoms with Crippen molar-refractivity contribution in [3.63, 3.8) is 0 Å². The molecule has 1 aliphatic rings. The summed E-state index contributed by atoms with van der Waals surface area (Å²) in [4.78, 5) is 10.2. The van der Waals surface area contributed by atoms with Crippen molar-refractivity contribution in [1.29, 1.82) is 0 Å². The fraction of sp³-hybridized carbons (Fsp3) is 0.538. The van der Waals surface area contributed by atoms with Crippen molar-refractivity contribution >= 4 is 5.69 Å². The van der Waals surface area contributed by atoms with Gasteiger partial charge < -0.3 is 5.32 Å². The third kappa shape index (κ3) is 4.15. The first kappa shape index (κ1) is 12.0. The van der Waals surface area contributed by atoms with Gasteiger partial charge in [0.15, 0.2) is 0 Å². The van der Waals surface area contributed by atoms with E-state index in [1.807, 2.05) is 6.07 Å². The maximum absolute atomic E-state index is 10.6. The van der Waals surface area contributed by atoms with Crippen LogP contribution in [0.4, 0.5) is 5.69 Å². The van der Waals surface area contributed by atoms with E-state index in [9.17, 15) is 10.1 Å². The second-order valence-corrected chi connectivity index (χ2v) is 4.69. The van der Waals surface area contributed by atoms with Crippen molar-refractivity contribution in [3.05, 3.63) is 39.9 Å². The summed E-state index contributed by atoms with van der Waals surface area (Å²) in [5.74, 6) is 0.981. The molecule has 4 heteroatoms. The van der Waals surface area contributed by atoms with Crippen molar-refractivity contribution in [1.82, 2.24) is 5.32 Å². The zero-order chi connectivity index (χ0) is 12.1. The molecule has 4 nitrogen and oxygen atoms in total. The highest BCUT2D eigenvalue weighted by molar-refractivity contribution is 5.34. The van der Waals surface area contributed by atoms with Crippen LogP contribution in [0.1, 0.15) is 31.2 Å². The van der Waals surface area contributed by atoms with E-state index in [2.05, 4.69) is 5.32 Å². The van der Waals surface area contributed by atoms with Gasteiger partial charge in [0.25, 0.3) is 5.69 Å². The van der Waals surface area contributed by atoms with Crippen molar-refractivity contribution in [2.24, 2.45) is 5.92 Å². The molecule has 0 heterocycles. The average molecular weight is 234 g/mol. The van der Waals surface area contributed by atoms with Gasteiger partial charge in [0.05, 0.1) is 4.92 Å². The molecular weight excluding hydrogens is 216 g/mol. The number of hydrogen-bond acceptors (Lipinski definition) is 3. The fourth-order valence-corrected chi connectivity index (χ4v) is 1.93. The Labute approximate surface area is 101 Å². The van der Waals surface area contributed by atoms with Crippen molar-refractivity contribution in [2.75, 3.05) is 6.54 Å². The van der Waals surface area contributed by atoms with E-state index in [1.165, 1.54) is 31.7 Å². The number of nitrogens with zero attached hydrogens (tertiary/aromatic N) is 1. The van der Waals surface area contributed by atoms with Gasteiger partial charge in [-0.15, -0.1) is 0 Å². The van der Waals surface area contributed by atoms with Gasteiger partial charge >= 0.3 is 0 Å². The van der Waals surface area contributed by atoms with Gasteiger partial charge in [0, 0.05) is 18.7 Å². The van der Waals surface area contributed by atoms with Gasteiger partial charge in [-0.05, 0) is 30.9 Å². The van der Waals surface area contributed by atoms with Crippen LogP contribution >= 0.6 is 0 Å². The molecule has 0 saturated heterocycles. The summed E-state index contributed by atoms with van der Waals surface area (Å²) >= 11 is 0. The number of non-ortho nitro benzene ring substituents is 1. The lowest BCUT2D eigenvalue weighted by Gasteiger charge is -2.04. The zero-order valence-corrected chi connectivity index (χ0v) is 9.89. The Kier molecular flexibility index (Phi) is 4.09. The molecule has 1 aromatic carbocycles. The van der Waals surface area contributed by atoms with Crippen molar-refractivity contribution in [3.8, 4) is 0 Å². The molecule has 1 saturated carbocycles. The Morgan fingerprint density at radius 3 is 2.94 bits per heavy atom. The van der Waals surface area contributed by atoms with Crippen LogP contribution in [-0.2, 0) is 6.54 Å². The van der Waals surface area contributed by atoms with Gasteiger partial charge in [-0.3, -0.25) is 10.1 Å². The van der Waals surface area contributed by atoms with Crippen molar-refractivity contribution < 1.29 is 4.92 Å². The van der Waals surface area contributed by atoms with E-state index >= 15 is 0 Å². The molecule has 92 valence electrons. The molecule has 0 amide bonds. The highest BCUT2D eigenvalue weighted by atomic mass is 16.6. The molecule has 0 aromatic heterocycles. The molecule has 2 rings (SSSR count). The lowest BCUT2D eigenvalue weighted by molar-refractivity contribution is -0.384. The Balaban J connectivity index is 1.70. The summed E-state index contributed by atoms with van der Waals surface area (Å²) in [6, 6.07) is 6.81. The Hall–Kier alpha value is -1.42. The molecule has 0 aliphatic heterocycles. The first-order valence-corrected chi connectivity index (χ1v) is 6.20. The van der Waals surface area contributed by atoms with Gasteiger partial charge in [0.2, 0.25) is 0 Å². The minimum atomic E-state index is -0.351. The Morgan fingerprint density at radius 1 is 1.41 bits per heavy atom. The molecule has 17 heavy (non-hydrogen) atoms. The highest BCUT2D eigenvalue weighted by Crippen LogP contribution is 2.33. The van der Waals surface area contributed by atoms with Crippen LogP contribution in [0.15, 0.2) is 24.3 Å². The standard InChI is InChI=1S/C13H18N2O2/c16-15(17)13-5-1-3-12(9-13)10-14-8-2-4-11-6-7-11/h1,3,5,9,11,14H,2,4,6-8,10H2. The molecular formula is C13H18N2O2. The Bertz CT molecular complexity index is 389. The second-order valence-electron chi connectivity index (χ2n) is 4.69. The van der Waals surface area contributed by atoms with Crippen LogP contribution in [0.2, 0.25) is 0 Å². The molecule has 0 radical (unpaired) electrons. The van der Waals surface area contributed by atoms with Gasteiger partial charge in [-0.25, -0.2) is 0 Å².